The van der Waals surface area contributed by atoms with Crippen molar-refractivity contribution in [1.82, 2.24) is 4.57 Å². The highest BCUT2D eigenvalue weighted by Crippen LogP contribution is 2.27. The number of halogens is 1. The van der Waals surface area contributed by atoms with Crippen molar-refractivity contribution in [3.8, 4) is 17.0 Å². The van der Waals surface area contributed by atoms with Gasteiger partial charge >= 0.3 is 0 Å². The molecule has 1 heterocycles. The molecule has 0 aliphatic carbocycles. The average Bonchev–Trinajstić information content (AvgIpc) is 2.99. The summed E-state index contributed by atoms with van der Waals surface area (Å²) in [4.78, 5) is 18.8. The summed E-state index contributed by atoms with van der Waals surface area (Å²) in [5.74, 6) is 0.517. The first-order valence-corrected chi connectivity index (χ1v) is 9.82. The summed E-state index contributed by atoms with van der Waals surface area (Å²) in [7, 11) is 3.58. The Balaban J connectivity index is 2.05. The molecule has 3 aromatic rings. The van der Waals surface area contributed by atoms with Gasteiger partial charge in [-0.15, -0.1) is 11.3 Å². The Morgan fingerprint density at radius 3 is 2.52 bits per heavy atom. The van der Waals surface area contributed by atoms with E-state index in [9.17, 15) is 4.79 Å². The maximum atomic E-state index is 12.6. The molecule has 6 heteroatoms. The van der Waals surface area contributed by atoms with Crippen LogP contribution in [-0.4, -0.2) is 17.6 Å². The minimum Gasteiger partial charge on any atom is -0.497 e. The Kier molecular flexibility index (Phi) is 5.82. The van der Waals surface area contributed by atoms with E-state index in [0.29, 0.717) is 15.4 Å². The zero-order valence-corrected chi connectivity index (χ0v) is 17.3. The predicted octanol–water partition coefficient (Wildman–Crippen LogP) is 5.03. The molecule has 0 radical (unpaired) electrons. The summed E-state index contributed by atoms with van der Waals surface area (Å²) < 4.78 is 7.21. The number of hydrogen-bond acceptors (Lipinski definition) is 3. The van der Waals surface area contributed by atoms with E-state index < -0.39 is 0 Å². The highest BCUT2D eigenvalue weighted by molar-refractivity contribution is 7.09. The third kappa shape index (κ3) is 3.99. The van der Waals surface area contributed by atoms with Gasteiger partial charge in [0.2, 0.25) is 0 Å². The Hall–Kier alpha value is -2.37. The molecule has 0 N–H and O–H groups in total. The molecule has 0 unspecified atom stereocenters. The summed E-state index contributed by atoms with van der Waals surface area (Å²) in [6, 6.07) is 13.2. The van der Waals surface area contributed by atoms with Gasteiger partial charge < -0.3 is 9.30 Å². The maximum absolute atomic E-state index is 12.6. The van der Waals surface area contributed by atoms with Crippen LogP contribution in [-0.2, 0) is 13.5 Å². The van der Waals surface area contributed by atoms with Gasteiger partial charge in [-0.2, -0.15) is 4.99 Å². The van der Waals surface area contributed by atoms with Crippen LogP contribution in [0.5, 0.6) is 5.75 Å². The molecule has 0 atom stereocenters. The minimum atomic E-state index is -0.294. The highest BCUT2D eigenvalue weighted by atomic mass is 35.5. The number of amides is 1. The summed E-state index contributed by atoms with van der Waals surface area (Å²) in [6.07, 6.45) is 0.861. The molecule has 0 saturated heterocycles. The topological polar surface area (TPSA) is 43.6 Å². The molecule has 0 fully saturated rings. The fraction of sp³-hybridized carbons (Fsp3) is 0.238. The summed E-state index contributed by atoms with van der Waals surface area (Å²) in [5, 5.41) is 0.569. The number of ether oxygens (including phenoxy) is 1. The standard InChI is InChI=1S/C21H21ClN2O2S/c1-5-18-19(14-8-10-16(26-4)11-9-14)24(3)21(27-18)23-20(25)15-7-6-13(2)17(22)12-15/h6-12H,5H2,1-4H3. The minimum absolute atomic E-state index is 0.294. The van der Waals surface area contributed by atoms with Crippen LogP contribution in [0.3, 0.4) is 0 Å². The van der Waals surface area contributed by atoms with Gasteiger partial charge in [0.1, 0.15) is 5.75 Å². The van der Waals surface area contributed by atoms with E-state index in [0.717, 1.165) is 29.0 Å². The zero-order chi connectivity index (χ0) is 19.6. The van der Waals surface area contributed by atoms with Crippen molar-refractivity contribution in [1.29, 1.82) is 0 Å². The first-order valence-electron chi connectivity index (χ1n) is 8.63. The maximum Gasteiger partial charge on any atom is 0.279 e. The van der Waals surface area contributed by atoms with Crippen LogP contribution in [0.15, 0.2) is 47.5 Å². The largest absolute Gasteiger partial charge is 0.497 e. The molecule has 2 aromatic carbocycles. The monoisotopic (exact) mass is 400 g/mol. The lowest BCUT2D eigenvalue weighted by Crippen LogP contribution is -2.14. The lowest BCUT2D eigenvalue weighted by atomic mass is 10.1. The second-order valence-electron chi connectivity index (χ2n) is 6.18. The number of aryl methyl sites for hydroxylation is 2. The van der Waals surface area contributed by atoms with Gasteiger partial charge in [-0.3, -0.25) is 4.79 Å². The Bertz CT molecular complexity index is 1050. The molecule has 0 aliphatic heterocycles. The summed E-state index contributed by atoms with van der Waals surface area (Å²) >= 11 is 7.67. The molecule has 1 aromatic heterocycles. The average molecular weight is 401 g/mol. The number of benzene rings is 2. The number of methoxy groups -OCH3 is 1. The van der Waals surface area contributed by atoms with Gasteiger partial charge in [0, 0.05) is 22.5 Å². The normalized spacial score (nSPS) is 11.7. The van der Waals surface area contributed by atoms with E-state index in [1.54, 1.807) is 19.2 Å². The number of rotatable bonds is 4. The number of carbonyl (C=O) groups is 1. The van der Waals surface area contributed by atoms with Gasteiger partial charge in [-0.25, -0.2) is 0 Å². The van der Waals surface area contributed by atoms with E-state index in [2.05, 4.69) is 11.9 Å². The lowest BCUT2D eigenvalue weighted by Gasteiger charge is -2.07. The number of nitrogens with zero attached hydrogens (tertiary/aromatic N) is 2. The number of thiazole rings is 1. The van der Waals surface area contributed by atoms with Crippen molar-refractivity contribution in [2.75, 3.05) is 7.11 Å². The second kappa shape index (κ2) is 8.11. The van der Waals surface area contributed by atoms with Gasteiger partial charge in [-0.05, 0) is 60.9 Å². The Morgan fingerprint density at radius 1 is 1.22 bits per heavy atom. The van der Waals surface area contributed by atoms with Crippen LogP contribution in [0.25, 0.3) is 11.3 Å². The molecule has 0 spiro atoms. The van der Waals surface area contributed by atoms with Crippen molar-refractivity contribution in [2.24, 2.45) is 12.0 Å². The first kappa shape index (κ1) is 19.4. The first-order chi connectivity index (χ1) is 12.9. The van der Waals surface area contributed by atoms with E-state index in [1.165, 1.54) is 16.2 Å². The second-order valence-corrected chi connectivity index (χ2v) is 7.65. The van der Waals surface area contributed by atoms with E-state index in [1.807, 2.05) is 48.9 Å². The summed E-state index contributed by atoms with van der Waals surface area (Å²) in [5.41, 5.74) is 3.56. The quantitative estimate of drug-likeness (QED) is 0.616. The van der Waals surface area contributed by atoms with E-state index in [4.69, 9.17) is 16.3 Å². The SMILES string of the molecule is CCc1sc(=NC(=O)c2ccc(C)c(Cl)c2)n(C)c1-c1ccc(OC)cc1. The molecule has 3 rings (SSSR count). The fourth-order valence-corrected chi connectivity index (χ4v) is 4.08. The third-order valence-corrected chi connectivity index (χ3v) is 6.08. The van der Waals surface area contributed by atoms with Gasteiger partial charge in [0.15, 0.2) is 4.80 Å². The molecule has 0 bridgehead atoms. The van der Waals surface area contributed by atoms with Gasteiger partial charge in [0.25, 0.3) is 5.91 Å². The number of aromatic nitrogens is 1. The third-order valence-electron chi connectivity index (χ3n) is 4.40. The smallest absolute Gasteiger partial charge is 0.279 e. The van der Waals surface area contributed by atoms with Crippen LogP contribution in [0.2, 0.25) is 5.02 Å². The number of hydrogen-bond donors (Lipinski definition) is 0. The van der Waals surface area contributed by atoms with Crippen LogP contribution in [0.1, 0.15) is 27.7 Å². The Morgan fingerprint density at radius 2 is 1.93 bits per heavy atom. The highest BCUT2D eigenvalue weighted by Gasteiger charge is 2.14. The van der Waals surface area contributed by atoms with E-state index >= 15 is 0 Å². The zero-order valence-electron chi connectivity index (χ0n) is 15.7. The molecular weight excluding hydrogens is 380 g/mol. The number of carbonyl (C=O) groups excluding carboxylic acids is 1. The molecule has 1 amide bonds. The summed E-state index contributed by atoms with van der Waals surface area (Å²) in [6.45, 7) is 4.01. The van der Waals surface area contributed by atoms with Crippen molar-refractivity contribution in [2.45, 2.75) is 20.3 Å². The molecular formula is C21H21ClN2O2S. The Labute approximate surface area is 167 Å². The van der Waals surface area contributed by atoms with Crippen molar-refractivity contribution in [3.63, 3.8) is 0 Å². The van der Waals surface area contributed by atoms with Crippen molar-refractivity contribution in [3.05, 3.63) is 68.3 Å². The van der Waals surface area contributed by atoms with Gasteiger partial charge in [-0.1, -0.05) is 24.6 Å². The van der Waals surface area contributed by atoms with Crippen molar-refractivity contribution >= 4 is 28.8 Å². The van der Waals surface area contributed by atoms with Crippen LogP contribution < -0.4 is 9.54 Å². The van der Waals surface area contributed by atoms with Crippen LogP contribution in [0, 0.1) is 6.92 Å². The molecule has 4 nitrogen and oxygen atoms in total. The molecule has 27 heavy (non-hydrogen) atoms. The van der Waals surface area contributed by atoms with Crippen LogP contribution in [0.4, 0.5) is 0 Å². The predicted molar refractivity (Wildman–Crippen MR) is 111 cm³/mol. The van der Waals surface area contributed by atoms with E-state index in [-0.39, 0.29) is 5.91 Å². The molecule has 140 valence electrons. The fourth-order valence-electron chi connectivity index (χ4n) is 2.83. The molecule has 0 aliphatic rings. The van der Waals surface area contributed by atoms with Crippen molar-refractivity contribution < 1.29 is 9.53 Å². The van der Waals surface area contributed by atoms with Gasteiger partial charge in [0.05, 0.1) is 12.8 Å². The lowest BCUT2D eigenvalue weighted by molar-refractivity contribution is 0.0998. The van der Waals surface area contributed by atoms with Crippen LogP contribution >= 0.6 is 22.9 Å². The molecule has 0 saturated carbocycles.